The minimum Gasteiger partial charge on any atom is -0.324 e. The number of hydrogen-bond acceptors (Lipinski definition) is 4. The number of rotatable bonds is 4. The number of carbonyl (C=O) groups excluding carboxylic acids is 1. The highest BCUT2D eigenvalue weighted by atomic mass is 35.5. The van der Waals surface area contributed by atoms with Gasteiger partial charge in [0.1, 0.15) is 17.2 Å². The Labute approximate surface area is 178 Å². The van der Waals surface area contributed by atoms with Crippen LogP contribution in [0.2, 0.25) is 10.0 Å². The molecule has 0 aliphatic carbocycles. The number of nitrogens with zero attached hydrogens (tertiary/aromatic N) is 2. The van der Waals surface area contributed by atoms with Crippen molar-refractivity contribution in [2.75, 3.05) is 5.32 Å². The summed E-state index contributed by atoms with van der Waals surface area (Å²) in [7, 11) is 0. The lowest BCUT2D eigenvalue weighted by atomic mass is 10.1. The predicted octanol–water partition coefficient (Wildman–Crippen LogP) is 5.21. The number of halogens is 3. The van der Waals surface area contributed by atoms with Gasteiger partial charge in [0.05, 0.1) is 16.7 Å². The van der Waals surface area contributed by atoms with Gasteiger partial charge in [0.25, 0.3) is 5.56 Å². The van der Waals surface area contributed by atoms with Gasteiger partial charge in [-0.15, -0.1) is 11.3 Å². The molecule has 5 nitrogen and oxygen atoms in total. The van der Waals surface area contributed by atoms with E-state index in [-0.39, 0.29) is 17.1 Å². The van der Waals surface area contributed by atoms with Gasteiger partial charge in [-0.05, 0) is 35.9 Å². The van der Waals surface area contributed by atoms with Gasteiger partial charge < -0.3 is 5.32 Å². The molecule has 0 spiro atoms. The molecular formula is C20H12Cl2FN3O2S. The first-order valence-corrected chi connectivity index (χ1v) is 10.0. The molecule has 4 aromatic rings. The van der Waals surface area contributed by atoms with Gasteiger partial charge in [-0.1, -0.05) is 35.3 Å². The van der Waals surface area contributed by atoms with Gasteiger partial charge in [0.15, 0.2) is 0 Å². The van der Waals surface area contributed by atoms with E-state index >= 15 is 0 Å². The first-order chi connectivity index (χ1) is 13.9. The topological polar surface area (TPSA) is 64.0 Å². The average Bonchev–Trinajstić information content (AvgIpc) is 3.12. The molecular weight excluding hydrogens is 436 g/mol. The van der Waals surface area contributed by atoms with Crippen LogP contribution in [0.5, 0.6) is 0 Å². The molecule has 2 aromatic heterocycles. The zero-order valence-corrected chi connectivity index (χ0v) is 17.0. The Kier molecular flexibility index (Phi) is 5.36. The van der Waals surface area contributed by atoms with Gasteiger partial charge in [-0.2, -0.15) is 0 Å². The van der Waals surface area contributed by atoms with Gasteiger partial charge in [-0.3, -0.25) is 14.2 Å². The summed E-state index contributed by atoms with van der Waals surface area (Å²) < 4.78 is 14.5. The van der Waals surface area contributed by atoms with Crippen LogP contribution >= 0.6 is 34.5 Å². The summed E-state index contributed by atoms with van der Waals surface area (Å²) in [5.41, 5.74) is 1.58. The van der Waals surface area contributed by atoms with Crippen LogP contribution in [0.15, 0.2) is 59.0 Å². The van der Waals surface area contributed by atoms with Crippen molar-refractivity contribution in [2.24, 2.45) is 0 Å². The van der Waals surface area contributed by atoms with Crippen molar-refractivity contribution >= 4 is 56.3 Å². The molecule has 0 fully saturated rings. The van der Waals surface area contributed by atoms with Crippen molar-refractivity contribution in [3.05, 3.63) is 80.4 Å². The second-order valence-electron chi connectivity index (χ2n) is 6.19. The third kappa shape index (κ3) is 4.03. The molecule has 0 saturated heterocycles. The van der Waals surface area contributed by atoms with E-state index in [2.05, 4.69) is 10.3 Å². The summed E-state index contributed by atoms with van der Waals surface area (Å²) in [6.07, 6.45) is 1.34. The largest absolute Gasteiger partial charge is 0.324 e. The number of carbonyl (C=O) groups is 1. The van der Waals surface area contributed by atoms with E-state index in [1.807, 2.05) is 17.5 Å². The SMILES string of the molecule is O=C(Cn1cnc2scc(-c3ccc(Cl)cc3)c2c1=O)Nc1ccc(F)c(Cl)c1. The summed E-state index contributed by atoms with van der Waals surface area (Å²) in [5, 5.41) is 5.38. The Morgan fingerprint density at radius 3 is 2.66 bits per heavy atom. The standard InChI is InChI=1S/C20H12Cl2FN3O2S/c21-12-3-1-11(2-4-12)14-9-29-19-18(14)20(28)26(10-24-19)8-17(27)25-13-5-6-16(23)15(22)7-13/h1-7,9-10H,8H2,(H,25,27). The number of hydrogen-bond donors (Lipinski definition) is 1. The molecule has 2 heterocycles. The smallest absolute Gasteiger partial charge is 0.263 e. The molecule has 1 amide bonds. The van der Waals surface area contributed by atoms with Crippen LogP contribution in [-0.2, 0) is 11.3 Å². The molecule has 4 rings (SSSR count). The summed E-state index contributed by atoms with van der Waals surface area (Å²) in [6, 6.07) is 11.0. The molecule has 0 atom stereocenters. The number of amides is 1. The highest BCUT2D eigenvalue weighted by molar-refractivity contribution is 7.17. The summed E-state index contributed by atoms with van der Waals surface area (Å²) >= 11 is 13.0. The average molecular weight is 448 g/mol. The third-order valence-corrected chi connectivity index (χ3v) is 5.66. The molecule has 2 aromatic carbocycles. The van der Waals surface area contributed by atoms with Crippen LogP contribution < -0.4 is 10.9 Å². The van der Waals surface area contributed by atoms with E-state index in [1.165, 1.54) is 34.4 Å². The molecule has 0 radical (unpaired) electrons. The lowest BCUT2D eigenvalue weighted by molar-refractivity contribution is -0.116. The quantitative estimate of drug-likeness (QED) is 0.466. The second-order valence-corrected chi connectivity index (χ2v) is 7.89. The number of fused-ring (bicyclic) bond motifs is 1. The molecule has 0 bridgehead atoms. The van der Waals surface area contributed by atoms with Gasteiger partial charge in [0.2, 0.25) is 5.91 Å². The summed E-state index contributed by atoms with van der Waals surface area (Å²) in [4.78, 5) is 30.2. The Hall–Kier alpha value is -2.74. The summed E-state index contributed by atoms with van der Waals surface area (Å²) in [5.74, 6) is -1.04. The van der Waals surface area contributed by atoms with Crippen molar-refractivity contribution in [2.45, 2.75) is 6.54 Å². The number of aromatic nitrogens is 2. The van der Waals surface area contributed by atoms with E-state index < -0.39 is 11.7 Å². The Morgan fingerprint density at radius 2 is 1.93 bits per heavy atom. The molecule has 0 saturated carbocycles. The fourth-order valence-corrected chi connectivity index (χ4v) is 4.06. The molecule has 0 aliphatic rings. The molecule has 146 valence electrons. The summed E-state index contributed by atoms with van der Waals surface area (Å²) in [6.45, 7) is -0.243. The second kappa shape index (κ2) is 7.94. The fraction of sp³-hybridized carbons (Fsp3) is 0.0500. The van der Waals surface area contributed by atoms with Crippen LogP contribution in [0.3, 0.4) is 0 Å². The molecule has 29 heavy (non-hydrogen) atoms. The minimum absolute atomic E-state index is 0.103. The minimum atomic E-state index is -0.581. The van der Waals surface area contributed by atoms with Crippen LogP contribution in [-0.4, -0.2) is 15.5 Å². The molecule has 0 aliphatic heterocycles. The maximum Gasteiger partial charge on any atom is 0.263 e. The number of anilines is 1. The van der Waals surface area contributed by atoms with E-state index in [4.69, 9.17) is 23.2 Å². The van der Waals surface area contributed by atoms with Crippen LogP contribution in [0, 0.1) is 5.82 Å². The van der Waals surface area contributed by atoms with E-state index in [9.17, 15) is 14.0 Å². The van der Waals surface area contributed by atoms with E-state index in [1.54, 1.807) is 12.1 Å². The van der Waals surface area contributed by atoms with Crippen molar-refractivity contribution in [3.8, 4) is 11.1 Å². The monoisotopic (exact) mass is 447 g/mol. The van der Waals surface area contributed by atoms with Crippen LogP contribution in [0.25, 0.3) is 21.3 Å². The first-order valence-electron chi connectivity index (χ1n) is 8.40. The van der Waals surface area contributed by atoms with Gasteiger partial charge in [0, 0.05) is 21.7 Å². The van der Waals surface area contributed by atoms with Crippen molar-refractivity contribution in [1.29, 1.82) is 0 Å². The Balaban J connectivity index is 1.64. The zero-order valence-electron chi connectivity index (χ0n) is 14.7. The lowest BCUT2D eigenvalue weighted by Crippen LogP contribution is -2.27. The highest BCUT2D eigenvalue weighted by Crippen LogP contribution is 2.31. The normalized spacial score (nSPS) is 11.0. The molecule has 9 heteroatoms. The van der Waals surface area contributed by atoms with Crippen LogP contribution in [0.1, 0.15) is 0 Å². The Bertz CT molecular complexity index is 1290. The van der Waals surface area contributed by atoms with Gasteiger partial charge >= 0.3 is 0 Å². The Morgan fingerprint density at radius 1 is 1.17 bits per heavy atom. The van der Waals surface area contributed by atoms with E-state index in [0.29, 0.717) is 20.9 Å². The highest BCUT2D eigenvalue weighted by Gasteiger charge is 2.15. The van der Waals surface area contributed by atoms with Crippen molar-refractivity contribution in [3.63, 3.8) is 0 Å². The maximum absolute atomic E-state index is 13.2. The number of thiophene rings is 1. The lowest BCUT2D eigenvalue weighted by Gasteiger charge is -2.08. The predicted molar refractivity (Wildman–Crippen MR) is 114 cm³/mol. The zero-order chi connectivity index (χ0) is 20.5. The third-order valence-electron chi connectivity index (χ3n) is 4.23. The molecule has 0 unspecified atom stereocenters. The van der Waals surface area contributed by atoms with Crippen LogP contribution in [0.4, 0.5) is 10.1 Å². The fourth-order valence-electron chi connectivity index (χ4n) is 2.85. The number of nitrogens with one attached hydrogen (secondary N) is 1. The van der Waals surface area contributed by atoms with Gasteiger partial charge in [-0.25, -0.2) is 9.37 Å². The first kappa shape index (κ1) is 19.6. The number of benzene rings is 2. The molecule has 1 N–H and O–H groups in total. The van der Waals surface area contributed by atoms with E-state index in [0.717, 1.165) is 17.2 Å². The maximum atomic E-state index is 13.2. The van der Waals surface area contributed by atoms with Crippen molar-refractivity contribution in [1.82, 2.24) is 9.55 Å². The van der Waals surface area contributed by atoms with Crippen molar-refractivity contribution < 1.29 is 9.18 Å².